The third-order valence-corrected chi connectivity index (χ3v) is 5.36. The number of benzene rings is 2. The molecule has 1 N–H and O–H groups in total. The van der Waals surface area contributed by atoms with Gasteiger partial charge in [-0.25, -0.2) is 4.98 Å². The number of fused-ring (bicyclic) bond motifs is 1. The standard InChI is InChI=1S/C23H26N2O2/c26-23(24-19-10-6-1-2-7-11-19)18-13-14-20-21(16-18)27-22(25-20)15-12-17-8-4-3-5-9-17/h3-5,8-9,13-14,16,19H,1-2,6-7,10-12,15H2,(H,24,26). The van der Waals surface area contributed by atoms with Crippen LogP contribution in [0.1, 0.15) is 60.3 Å². The number of aromatic nitrogens is 1. The molecule has 0 atom stereocenters. The van der Waals surface area contributed by atoms with Crippen molar-refractivity contribution in [2.75, 3.05) is 0 Å². The van der Waals surface area contributed by atoms with E-state index in [0.29, 0.717) is 17.2 Å². The minimum atomic E-state index is -0.00830. The monoisotopic (exact) mass is 362 g/mol. The van der Waals surface area contributed by atoms with Crippen molar-refractivity contribution in [1.82, 2.24) is 10.3 Å². The van der Waals surface area contributed by atoms with E-state index in [1.165, 1.54) is 31.2 Å². The molecule has 2 aromatic carbocycles. The zero-order chi connectivity index (χ0) is 18.5. The van der Waals surface area contributed by atoms with Crippen LogP contribution in [0.2, 0.25) is 0 Å². The van der Waals surface area contributed by atoms with Crippen LogP contribution in [0.4, 0.5) is 0 Å². The lowest BCUT2D eigenvalue weighted by atomic mass is 10.1. The number of carbonyl (C=O) groups is 1. The molecule has 1 aliphatic carbocycles. The molecule has 0 radical (unpaired) electrons. The lowest BCUT2D eigenvalue weighted by Crippen LogP contribution is -2.34. The van der Waals surface area contributed by atoms with E-state index in [4.69, 9.17) is 4.42 Å². The van der Waals surface area contributed by atoms with E-state index in [-0.39, 0.29) is 5.91 Å². The summed E-state index contributed by atoms with van der Waals surface area (Å²) in [5.74, 6) is 0.709. The van der Waals surface area contributed by atoms with Gasteiger partial charge in [-0.3, -0.25) is 4.79 Å². The number of nitrogens with zero attached hydrogens (tertiary/aromatic N) is 1. The Morgan fingerprint density at radius 2 is 1.78 bits per heavy atom. The van der Waals surface area contributed by atoms with Crippen LogP contribution in [0, 0.1) is 0 Å². The topological polar surface area (TPSA) is 55.1 Å². The fourth-order valence-corrected chi connectivity index (χ4v) is 3.81. The average molecular weight is 362 g/mol. The van der Waals surface area contributed by atoms with Crippen LogP contribution in [0.3, 0.4) is 0 Å². The zero-order valence-corrected chi connectivity index (χ0v) is 15.6. The van der Waals surface area contributed by atoms with E-state index >= 15 is 0 Å². The maximum absolute atomic E-state index is 12.6. The Labute approximate surface area is 160 Å². The lowest BCUT2D eigenvalue weighted by molar-refractivity contribution is 0.0933. The summed E-state index contributed by atoms with van der Waals surface area (Å²) in [5, 5.41) is 3.19. The first kappa shape index (κ1) is 17.8. The van der Waals surface area contributed by atoms with Crippen LogP contribution in [0.15, 0.2) is 52.9 Å². The van der Waals surface area contributed by atoms with E-state index in [9.17, 15) is 4.79 Å². The first-order valence-corrected chi connectivity index (χ1v) is 10.0. The summed E-state index contributed by atoms with van der Waals surface area (Å²) in [6.07, 6.45) is 8.78. The largest absolute Gasteiger partial charge is 0.441 e. The van der Waals surface area contributed by atoms with Gasteiger partial charge in [-0.1, -0.05) is 56.0 Å². The Morgan fingerprint density at radius 3 is 2.56 bits per heavy atom. The first-order valence-electron chi connectivity index (χ1n) is 10.0. The molecule has 0 saturated heterocycles. The number of oxazole rings is 1. The number of aryl methyl sites for hydroxylation is 2. The van der Waals surface area contributed by atoms with Crippen LogP contribution in [0.5, 0.6) is 0 Å². The van der Waals surface area contributed by atoms with Crippen molar-refractivity contribution >= 4 is 17.0 Å². The summed E-state index contributed by atoms with van der Waals surface area (Å²) >= 11 is 0. The third kappa shape index (κ3) is 4.57. The molecule has 4 nitrogen and oxygen atoms in total. The molecule has 1 saturated carbocycles. The van der Waals surface area contributed by atoms with E-state index in [0.717, 1.165) is 37.1 Å². The highest BCUT2D eigenvalue weighted by Crippen LogP contribution is 2.20. The SMILES string of the molecule is O=C(NC1CCCCCC1)c1ccc2nc(CCc3ccccc3)oc2c1. The number of hydrogen-bond acceptors (Lipinski definition) is 3. The second-order valence-corrected chi connectivity index (χ2v) is 7.44. The fourth-order valence-electron chi connectivity index (χ4n) is 3.81. The van der Waals surface area contributed by atoms with Gasteiger partial charge in [-0.2, -0.15) is 0 Å². The van der Waals surface area contributed by atoms with Gasteiger partial charge in [0, 0.05) is 18.0 Å². The maximum atomic E-state index is 12.6. The van der Waals surface area contributed by atoms with Crippen molar-refractivity contribution in [3.05, 3.63) is 65.5 Å². The van der Waals surface area contributed by atoms with Crippen molar-refractivity contribution in [2.45, 2.75) is 57.4 Å². The highest BCUT2D eigenvalue weighted by atomic mass is 16.3. The molecule has 1 aliphatic rings. The van der Waals surface area contributed by atoms with E-state index < -0.39 is 0 Å². The quantitative estimate of drug-likeness (QED) is 0.645. The van der Waals surface area contributed by atoms with Crippen molar-refractivity contribution in [3.63, 3.8) is 0 Å². The average Bonchev–Trinajstić information content (AvgIpc) is 2.94. The van der Waals surface area contributed by atoms with Crippen molar-refractivity contribution in [3.8, 4) is 0 Å². The Kier molecular flexibility index (Phi) is 5.52. The molecule has 1 fully saturated rings. The van der Waals surface area contributed by atoms with Gasteiger partial charge in [-0.05, 0) is 43.0 Å². The Bertz CT molecular complexity index is 893. The summed E-state index contributed by atoms with van der Waals surface area (Å²) in [4.78, 5) is 17.2. The van der Waals surface area contributed by atoms with Gasteiger partial charge in [0.2, 0.25) is 0 Å². The van der Waals surface area contributed by atoms with Crippen LogP contribution in [-0.2, 0) is 12.8 Å². The highest BCUT2D eigenvalue weighted by Gasteiger charge is 2.17. The predicted octanol–water partition coefficient (Wildman–Crippen LogP) is 5.07. The van der Waals surface area contributed by atoms with Crippen LogP contribution >= 0.6 is 0 Å². The molecule has 1 heterocycles. The maximum Gasteiger partial charge on any atom is 0.251 e. The van der Waals surface area contributed by atoms with Crippen LogP contribution in [-0.4, -0.2) is 16.9 Å². The van der Waals surface area contributed by atoms with E-state index in [2.05, 4.69) is 22.4 Å². The lowest BCUT2D eigenvalue weighted by Gasteiger charge is -2.16. The number of amides is 1. The summed E-state index contributed by atoms with van der Waals surface area (Å²) in [6, 6.07) is 16.2. The molecule has 4 heteroatoms. The highest BCUT2D eigenvalue weighted by molar-refractivity contribution is 5.97. The van der Waals surface area contributed by atoms with Crippen LogP contribution < -0.4 is 5.32 Å². The van der Waals surface area contributed by atoms with Gasteiger partial charge in [0.1, 0.15) is 5.52 Å². The zero-order valence-electron chi connectivity index (χ0n) is 15.6. The van der Waals surface area contributed by atoms with Gasteiger partial charge in [0.15, 0.2) is 11.5 Å². The normalized spacial score (nSPS) is 15.6. The van der Waals surface area contributed by atoms with Gasteiger partial charge in [0.25, 0.3) is 5.91 Å². The summed E-state index contributed by atoms with van der Waals surface area (Å²) < 4.78 is 5.90. The minimum absolute atomic E-state index is 0.00830. The number of rotatable bonds is 5. The Morgan fingerprint density at radius 1 is 1.00 bits per heavy atom. The van der Waals surface area contributed by atoms with Crippen molar-refractivity contribution in [2.24, 2.45) is 0 Å². The van der Waals surface area contributed by atoms with Crippen molar-refractivity contribution in [1.29, 1.82) is 0 Å². The van der Waals surface area contributed by atoms with E-state index in [1.807, 2.05) is 36.4 Å². The number of hydrogen-bond donors (Lipinski definition) is 1. The number of carbonyl (C=O) groups excluding carboxylic acids is 1. The molecule has 3 aromatic rings. The second-order valence-electron chi connectivity index (χ2n) is 7.44. The molecule has 0 spiro atoms. The fraction of sp³-hybridized carbons (Fsp3) is 0.391. The van der Waals surface area contributed by atoms with E-state index in [1.54, 1.807) is 0 Å². The first-order chi connectivity index (χ1) is 13.3. The predicted molar refractivity (Wildman–Crippen MR) is 107 cm³/mol. The van der Waals surface area contributed by atoms with Crippen molar-refractivity contribution < 1.29 is 9.21 Å². The molecular formula is C23H26N2O2. The summed E-state index contributed by atoms with van der Waals surface area (Å²) in [6.45, 7) is 0. The minimum Gasteiger partial charge on any atom is -0.441 e. The van der Waals surface area contributed by atoms with Crippen LogP contribution in [0.25, 0.3) is 11.1 Å². The van der Waals surface area contributed by atoms with Gasteiger partial charge in [0.05, 0.1) is 0 Å². The molecule has 4 rings (SSSR count). The molecule has 0 bridgehead atoms. The summed E-state index contributed by atoms with van der Waals surface area (Å²) in [5.41, 5.74) is 3.41. The molecular weight excluding hydrogens is 336 g/mol. The molecule has 0 aliphatic heterocycles. The molecule has 1 aromatic heterocycles. The molecule has 0 unspecified atom stereocenters. The third-order valence-electron chi connectivity index (χ3n) is 5.36. The Balaban J connectivity index is 1.43. The second kappa shape index (κ2) is 8.38. The molecule has 1 amide bonds. The smallest absolute Gasteiger partial charge is 0.251 e. The molecule has 140 valence electrons. The van der Waals surface area contributed by atoms with Gasteiger partial charge < -0.3 is 9.73 Å². The molecule has 27 heavy (non-hydrogen) atoms. The Hall–Kier alpha value is -2.62. The van der Waals surface area contributed by atoms with Gasteiger partial charge >= 0.3 is 0 Å². The number of nitrogens with one attached hydrogen (secondary N) is 1. The summed E-state index contributed by atoms with van der Waals surface area (Å²) in [7, 11) is 0. The van der Waals surface area contributed by atoms with Gasteiger partial charge in [-0.15, -0.1) is 0 Å².